The van der Waals surface area contributed by atoms with Gasteiger partial charge in [0.05, 0.1) is 33.7 Å². The van der Waals surface area contributed by atoms with Crippen LogP contribution in [-0.2, 0) is 14.6 Å². The van der Waals surface area contributed by atoms with Crippen LogP contribution in [0.25, 0.3) is 15.3 Å². The normalized spacial score (nSPS) is 11.6. The number of thiazole rings is 1. The number of amides is 1. The van der Waals surface area contributed by atoms with E-state index in [1.165, 1.54) is 11.3 Å². The van der Waals surface area contributed by atoms with Gasteiger partial charge in [-0.3, -0.25) is 4.79 Å². The number of aromatic nitrogens is 3. The Morgan fingerprint density at radius 1 is 1.12 bits per heavy atom. The first kappa shape index (κ1) is 22.0. The zero-order valence-corrected chi connectivity index (χ0v) is 19.5. The molecule has 0 aliphatic heterocycles. The van der Waals surface area contributed by atoms with Gasteiger partial charge in [-0.05, 0) is 44.2 Å². The Hall–Kier alpha value is -3.24. The maximum Gasteiger partial charge on any atom is 0.226 e. The predicted octanol–water partition coefficient (Wildman–Crippen LogP) is 3.91. The SMILES string of the molecule is COc1ccc2nc(-n3nc(C)cc3NC(=O)CCS(=O)(=O)c3ccc(C)cc3)sc2c1. The van der Waals surface area contributed by atoms with Crippen LogP contribution in [-0.4, -0.2) is 42.0 Å². The molecular weight excluding hydrogens is 448 g/mol. The van der Waals surface area contributed by atoms with Crippen LogP contribution in [0.2, 0.25) is 0 Å². The van der Waals surface area contributed by atoms with E-state index >= 15 is 0 Å². The number of carbonyl (C=O) groups is 1. The molecule has 0 atom stereocenters. The van der Waals surface area contributed by atoms with E-state index in [0.29, 0.717) is 16.6 Å². The fourth-order valence-electron chi connectivity index (χ4n) is 3.14. The first-order valence-electron chi connectivity index (χ1n) is 9.86. The summed E-state index contributed by atoms with van der Waals surface area (Å²) >= 11 is 1.41. The van der Waals surface area contributed by atoms with E-state index in [0.717, 1.165) is 21.5 Å². The highest BCUT2D eigenvalue weighted by Gasteiger charge is 2.19. The minimum absolute atomic E-state index is 0.169. The standard InChI is InChI=1S/C22H22N4O4S2/c1-14-4-7-17(8-5-14)32(28,29)11-10-21(27)24-20-12-15(2)25-26(20)22-23-18-9-6-16(30-3)13-19(18)31-22/h4-9,12-13H,10-11H2,1-3H3,(H,24,27). The molecule has 2 aromatic heterocycles. The van der Waals surface area contributed by atoms with Crippen LogP contribution in [0.4, 0.5) is 5.82 Å². The summed E-state index contributed by atoms with van der Waals surface area (Å²) in [5.74, 6) is 0.471. The van der Waals surface area contributed by atoms with Crippen molar-refractivity contribution >= 4 is 43.1 Å². The summed E-state index contributed by atoms with van der Waals surface area (Å²) in [4.78, 5) is 17.3. The molecule has 4 aromatic rings. The first-order valence-corrected chi connectivity index (χ1v) is 12.3. The van der Waals surface area contributed by atoms with Crippen LogP contribution in [0.15, 0.2) is 53.4 Å². The lowest BCUT2D eigenvalue weighted by Crippen LogP contribution is -2.19. The van der Waals surface area contributed by atoms with Gasteiger partial charge in [0.1, 0.15) is 11.6 Å². The molecule has 4 rings (SSSR count). The molecule has 0 spiro atoms. The third-order valence-corrected chi connectivity index (χ3v) is 7.57. The molecule has 32 heavy (non-hydrogen) atoms. The van der Waals surface area contributed by atoms with Crippen molar-refractivity contribution in [3.63, 3.8) is 0 Å². The molecule has 166 valence electrons. The molecule has 2 aromatic carbocycles. The van der Waals surface area contributed by atoms with Crippen LogP contribution in [0.1, 0.15) is 17.7 Å². The number of nitrogens with zero attached hydrogens (tertiary/aromatic N) is 3. The number of sulfone groups is 1. The Bertz CT molecular complexity index is 1390. The summed E-state index contributed by atoms with van der Waals surface area (Å²) in [7, 11) is -1.95. The van der Waals surface area contributed by atoms with E-state index in [2.05, 4.69) is 15.4 Å². The lowest BCUT2D eigenvalue weighted by Gasteiger charge is -2.07. The second-order valence-corrected chi connectivity index (χ2v) is 10.5. The highest BCUT2D eigenvalue weighted by Crippen LogP contribution is 2.30. The lowest BCUT2D eigenvalue weighted by atomic mass is 10.2. The van der Waals surface area contributed by atoms with Gasteiger partial charge in [-0.2, -0.15) is 9.78 Å². The van der Waals surface area contributed by atoms with Crippen LogP contribution >= 0.6 is 11.3 Å². The van der Waals surface area contributed by atoms with Crippen molar-refractivity contribution in [2.45, 2.75) is 25.2 Å². The second-order valence-electron chi connectivity index (χ2n) is 7.34. The summed E-state index contributed by atoms with van der Waals surface area (Å²) in [5, 5.41) is 7.79. The smallest absolute Gasteiger partial charge is 0.226 e. The van der Waals surface area contributed by atoms with Gasteiger partial charge in [0.2, 0.25) is 11.0 Å². The number of fused-ring (bicyclic) bond motifs is 1. The fraction of sp³-hybridized carbons (Fsp3) is 0.227. The molecular formula is C22H22N4O4S2. The number of carbonyl (C=O) groups excluding carboxylic acids is 1. The number of benzene rings is 2. The number of methoxy groups -OCH3 is 1. The highest BCUT2D eigenvalue weighted by atomic mass is 32.2. The van der Waals surface area contributed by atoms with Crippen molar-refractivity contribution < 1.29 is 17.9 Å². The highest BCUT2D eigenvalue weighted by molar-refractivity contribution is 7.91. The van der Waals surface area contributed by atoms with E-state index in [9.17, 15) is 13.2 Å². The van der Waals surface area contributed by atoms with E-state index in [1.54, 1.807) is 42.1 Å². The zero-order valence-electron chi connectivity index (χ0n) is 17.8. The van der Waals surface area contributed by atoms with Crippen molar-refractivity contribution in [3.8, 4) is 10.9 Å². The molecule has 0 fully saturated rings. The Labute approximate surface area is 189 Å². The van der Waals surface area contributed by atoms with Crippen molar-refractivity contribution in [1.82, 2.24) is 14.8 Å². The number of hydrogen-bond donors (Lipinski definition) is 1. The van der Waals surface area contributed by atoms with Gasteiger partial charge < -0.3 is 10.1 Å². The molecule has 0 unspecified atom stereocenters. The van der Waals surface area contributed by atoms with Gasteiger partial charge in [0, 0.05) is 12.5 Å². The molecule has 1 amide bonds. The van der Waals surface area contributed by atoms with Gasteiger partial charge in [-0.25, -0.2) is 13.4 Å². The summed E-state index contributed by atoms with van der Waals surface area (Å²) in [5.41, 5.74) is 2.46. The van der Waals surface area contributed by atoms with E-state index in [1.807, 2.05) is 32.0 Å². The fourth-order valence-corrected chi connectivity index (χ4v) is 5.34. The first-order chi connectivity index (χ1) is 15.2. The van der Waals surface area contributed by atoms with E-state index < -0.39 is 15.7 Å². The lowest BCUT2D eigenvalue weighted by molar-refractivity contribution is -0.115. The predicted molar refractivity (Wildman–Crippen MR) is 125 cm³/mol. The van der Waals surface area contributed by atoms with Gasteiger partial charge in [-0.1, -0.05) is 29.0 Å². The number of hydrogen-bond acceptors (Lipinski definition) is 7. The number of aryl methyl sites for hydroxylation is 2. The molecule has 10 heteroatoms. The Morgan fingerprint density at radius 3 is 2.59 bits per heavy atom. The maximum absolute atomic E-state index is 12.5. The van der Waals surface area contributed by atoms with Gasteiger partial charge in [0.15, 0.2) is 9.84 Å². The van der Waals surface area contributed by atoms with Crippen molar-refractivity contribution in [1.29, 1.82) is 0 Å². The average Bonchev–Trinajstić information content (AvgIpc) is 3.34. The summed E-state index contributed by atoms with van der Waals surface area (Å²) in [6.07, 6.45) is -0.169. The van der Waals surface area contributed by atoms with E-state index in [4.69, 9.17) is 4.74 Å². The number of anilines is 1. The Balaban J connectivity index is 1.50. The molecule has 1 N–H and O–H groups in total. The van der Waals surface area contributed by atoms with Crippen molar-refractivity contribution in [2.75, 3.05) is 18.2 Å². The number of rotatable bonds is 7. The molecule has 0 saturated heterocycles. The van der Waals surface area contributed by atoms with Crippen molar-refractivity contribution in [2.24, 2.45) is 0 Å². The third kappa shape index (κ3) is 4.66. The zero-order chi connectivity index (χ0) is 22.9. The van der Waals surface area contributed by atoms with Crippen LogP contribution in [0.3, 0.4) is 0 Å². The van der Waals surface area contributed by atoms with Gasteiger partial charge in [-0.15, -0.1) is 0 Å². The van der Waals surface area contributed by atoms with Crippen LogP contribution < -0.4 is 10.1 Å². The summed E-state index contributed by atoms with van der Waals surface area (Å²) in [6, 6.07) is 13.9. The summed E-state index contributed by atoms with van der Waals surface area (Å²) in [6.45, 7) is 3.70. The third-order valence-electron chi connectivity index (χ3n) is 4.84. The molecule has 0 aliphatic carbocycles. The number of nitrogens with one attached hydrogen (secondary N) is 1. The second kappa shape index (κ2) is 8.71. The average molecular weight is 471 g/mol. The van der Waals surface area contributed by atoms with Gasteiger partial charge in [0.25, 0.3) is 0 Å². The van der Waals surface area contributed by atoms with Crippen LogP contribution in [0.5, 0.6) is 5.75 Å². The molecule has 8 nitrogen and oxygen atoms in total. The maximum atomic E-state index is 12.5. The number of ether oxygens (including phenoxy) is 1. The summed E-state index contributed by atoms with van der Waals surface area (Å²) < 4.78 is 32.8. The molecule has 0 radical (unpaired) electrons. The molecule has 0 saturated carbocycles. The topological polar surface area (TPSA) is 103 Å². The van der Waals surface area contributed by atoms with Crippen LogP contribution in [0, 0.1) is 13.8 Å². The Morgan fingerprint density at radius 2 is 1.88 bits per heavy atom. The monoisotopic (exact) mass is 470 g/mol. The van der Waals surface area contributed by atoms with Gasteiger partial charge >= 0.3 is 0 Å². The Kier molecular flexibility index (Phi) is 5.98. The molecule has 2 heterocycles. The minimum atomic E-state index is -3.55. The largest absolute Gasteiger partial charge is 0.497 e. The van der Waals surface area contributed by atoms with Crippen molar-refractivity contribution in [3.05, 3.63) is 59.8 Å². The minimum Gasteiger partial charge on any atom is -0.497 e. The molecule has 0 bridgehead atoms. The quantitative estimate of drug-likeness (QED) is 0.439. The van der Waals surface area contributed by atoms with E-state index in [-0.39, 0.29) is 17.1 Å². The molecule has 0 aliphatic rings.